The first-order valence-corrected chi connectivity index (χ1v) is 5.70. The van der Waals surface area contributed by atoms with Gasteiger partial charge in [0.25, 0.3) is 0 Å². The van der Waals surface area contributed by atoms with Crippen molar-refractivity contribution in [2.24, 2.45) is 0 Å². The SMILES string of the molecule is Fc1ccccc1COc1cnccc1CCl. The van der Waals surface area contributed by atoms with Gasteiger partial charge in [0.1, 0.15) is 18.2 Å². The van der Waals surface area contributed by atoms with Gasteiger partial charge in [-0.1, -0.05) is 18.2 Å². The Labute approximate surface area is 104 Å². The molecule has 0 radical (unpaired) electrons. The summed E-state index contributed by atoms with van der Waals surface area (Å²) in [6.07, 6.45) is 3.23. The second-order valence-corrected chi connectivity index (χ2v) is 3.76. The summed E-state index contributed by atoms with van der Waals surface area (Å²) >= 11 is 5.76. The lowest BCUT2D eigenvalue weighted by Gasteiger charge is -2.09. The molecule has 0 amide bonds. The smallest absolute Gasteiger partial charge is 0.142 e. The summed E-state index contributed by atoms with van der Waals surface area (Å²) in [5.41, 5.74) is 1.36. The van der Waals surface area contributed by atoms with Crippen molar-refractivity contribution < 1.29 is 9.13 Å². The Morgan fingerprint density at radius 2 is 2.00 bits per heavy atom. The van der Waals surface area contributed by atoms with Gasteiger partial charge in [-0.2, -0.15) is 0 Å². The first-order valence-electron chi connectivity index (χ1n) is 5.16. The minimum absolute atomic E-state index is 0.169. The summed E-state index contributed by atoms with van der Waals surface area (Å²) in [5.74, 6) is 0.657. The predicted octanol–water partition coefficient (Wildman–Crippen LogP) is 3.54. The molecule has 0 aliphatic rings. The molecule has 0 bridgehead atoms. The van der Waals surface area contributed by atoms with E-state index >= 15 is 0 Å². The van der Waals surface area contributed by atoms with Gasteiger partial charge >= 0.3 is 0 Å². The van der Waals surface area contributed by atoms with Crippen LogP contribution in [-0.4, -0.2) is 4.98 Å². The molecule has 17 heavy (non-hydrogen) atoms. The summed E-state index contributed by atoms with van der Waals surface area (Å²) in [6, 6.07) is 8.29. The Hall–Kier alpha value is -1.61. The molecule has 0 atom stereocenters. The second-order valence-electron chi connectivity index (χ2n) is 3.50. The molecule has 1 aromatic carbocycles. The number of halogens is 2. The molecule has 0 saturated carbocycles. The first-order chi connectivity index (χ1) is 8.31. The van der Waals surface area contributed by atoms with Crippen LogP contribution < -0.4 is 4.74 Å². The van der Waals surface area contributed by atoms with Gasteiger partial charge in [-0.3, -0.25) is 4.98 Å². The fraction of sp³-hybridized carbons (Fsp3) is 0.154. The van der Waals surface area contributed by atoms with E-state index in [1.54, 1.807) is 36.7 Å². The Morgan fingerprint density at radius 1 is 1.18 bits per heavy atom. The van der Waals surface area contributed by atoms with E-state index in [1.165, 1.54) is 6.07 Å². The van der Waals surface area contributed by atoms with Crippen LogP contribution in [0.5, 0.6) is 5.75 Å². The van der Waals surface area contributed by atoms with Crippen molar-refractivity contribution in [3.05, 3.63) is 59.7 Å². The molecule has 0 spiro atoms. The van der Waals surface area contributed by atoms with Crippen molar-refractivity contribution >= 4 is 11.6 Å². The van der Waals surface area contributed by atoms with Crippen LogP contribution in [0.25, 0.3) is 0 Å². The van der Waals surface area contributed by atoms with Crippen molar-refractivity contribution in [3.8, 4) is 5.75 Å². The molecule has 0 saturated heterocycles. The van der Waals surface area contributed by atoms with Crippen LogP contribution in [0.2, 0.25) is 0 Å². The number of aromatic nitrogens is 1. The minimum Gasteiger partial charge on any atom is -0.487 e. The van der Waals surface area contributed by atoms with Gasteiger partial charge in [-0.15, -0.1) is 11.6 Å². The first kappa shape index (κ1) is 11.9. The van der Waals surface area contributed by atoms with Crippen molar-refractivity contribution in [2.75, 3.05) is 0 Å². The van der Waals surface area contributed by atoms with E-state index in [0.29, 0.717) is 17.2 Å². The van der Waals surface area contributed by atoms with Gasteiger partial charge in [0.2, 0.25) is 0 Å². The van der Waals surface area contributed by atoms with Gasteiger partial charge in [0.05, 0.1) is 12.1 Å². The third-order valence-electron chi connectivity index (χ3n) is 2.36. The number of ether oxygens (including phenoxy) is 1. The Morgan fingerprint density at radius 3 is 2.76 bits per heavy atom. The molecule has 0 aliphatic heterocycles. The van der Waals surface area contributed by atoms with E-state index in [9.17, 15) is 4.39 Å². The van der Waals surface area contributed by atoms with Crippen LogP contribution in [-0.2, 0) is 12.5 Å². The number of rotatable bonds is 4. The predicted molar refractivity (Wildman–Crippen MR) is 64.5 cm³/mol. The Kier molecular flexibility index (Phi) is 3.94. The van der Waals surface area contributed by atoms with Crippen molar-refractivity contribution in [3.63, 3.8) is 0 Å². The average Bonchev–Trinajstić information content (AvgIpc) is 2.38. The molecule has 2 aromatic rings. The third kappa shape index (κ3) is 2.94. The highest BCUT2D eigenvalue weighted by Gasteiger charge is 2.05. The summed E-state index contributed by atoms with van der Waals surface area (Å²) in [5, 5.41) is 0. The quantitative estimate of drug-likeness (QED) is 0.776. The molecule has 2 nitrogen and oxygen atoms in total. The lowest BCUT2D eigenvalue weighted by Crippen LogP contribution is -2.00. The summed E-state index contributed by atoms with van der Waals surface area (Å²) in [6.45, 7) is 0.169. The number of hydrogen-bond acceptors (Lipinski definition) is 2. The van der Waals surface area contributed by atoms with Crippen LogP contribution in [0.4, 0.5) is 4.39 Å². The van der Waals surface area contributed by atoms with Crippen molar-refractivity contribution in [1.29, 1.82) is 0 Å². The zero-order valence-corrected chi connectivity index (χ0v) is 9.82. The normalized spacial score (nSPS) is 10.2. The van der Waals surface area contributed by atoms with Gasteiger partial charge in [0, 0.05) is 17.3 Å². The zero-order chi connectivity index (χ0) is 12.1. The van der Waals surface area contributed by atoms with Crippen LogP contribution in [0.3, 0.4) is 0 Å². The van der Waals surface area contributed by atoms with Gasteiger partial charge < -0.3 is 4.74 Å². The van der Waals surface area contributed by atoms with Crippen molar-refractivity contribution in [1.82, 2.24) is 4.98 Å². The number of pyridine rings is 1. The molecule has 88 valence electrons. The van der Waals surface area contributed by atoms with Crippen molar-refractivity contribution in [2.45, 2.75) is 12.5 Å². The van der Waals surface area contributed by atoms with E-state index in [0.717, 1.165) is 5.56 Å². The van der Waals surface area contributed by atoms with Crippen LogP contribution in [0, 0.1) is 5.82 Å². The third-order valence-corrected chi connectivity index (χ3v) is 2.64. The molecule has 1 aromatic heterocycles. The molecule has 0 N–H and O–H groups in total. The molecular weight excluding hydrogens is 241 g/mol. The number of hydrogen-bond donors (Lipinski definition) is 0. The topological polar surface area (TPSA) is 22.1 Å². The van der Waals surface area contributed by atoms with Gasteiger partial charge in [-0.05, 0) is 12.1 Å². The fourth-order valence-electron chi connectivity index (χ4n) is 1.42. The summed E-state index contributed by atoms with van der Waals surface area (Å²) in [4.78, 5) is 3.95. The van der Waals surface area contributed by atoms with E-state index in [2.05, 4.69) is 4.98 Å². The van der Waals surface area contributed by atoms with E-state index in [4.69, 9.17) is 16.3 Å². The van der Waals surface area contributed by atoms with E-state index < -0.39 is 0 Å². The maximum absolute atomic E-state index is 13.4. The molecular formula is C13H11ClFNO. The monoisotopic (exact) mass is 251 g/mol. The van der Waals surface area contributed by atoms with Crippen LogP contribution in [0.15, 0.2) is 42.7 Å². The Balaban J connectivity index is 2.10. The lowest BCUT2D eigenvalue weighted by atomic mass is 10.2. The highest BCUT2D eigenvalue weighted by Crippen LogP contribution is 2.20. The maximum atomic E-state index is 13.4. The second kappa shape index (κ2) is 5.64. The van der Waals surface area contributed by atoms with E-state index in [-0.39, 0.29) is 12.4 Å². The van der Waals surface area contributed by atoms with Crippen LogP contribution in [0.1, 0.15) is 11.1 Å². The lowest BCUT2D eigenvalue weighted by molar-refractivity contribution is 0.296. The number of benzene rings is 1. The highest BCUT2D eigenvalue weighted by molar-refractivity contribution is 6.17. The maximum Gasteiger partial charge on any atom is 0.142 e. The fourth-order valence-corrected chi connectivity index (χ4v) is 1.64. The highest BCUT2D eigenvalue weighted by atomic mass is 35.5. The molecule has 0 aliphatic carbocycles. The standard InChI is InChI=1S/C13H11ClFNO/c14-7-10-5-6-16-8-13(10)17-9-11-3-1-2-4-12(11)15/h1-6,8H,7,9H2. The molecule has 4 heteroatoms. The van der Waals surface area contributed by atoms with Gasteiger partial charge in [0.15, 0.2) is 0 Å². The summed E-state index contributed by atoms with van der Waals surface area (Å²) in [7, 11) is 0. The van der Waals surface area contributed by atoms with Crippen LogP contribution >= 0.6 is 11.6 Å². The molecule has 0 fully saturated rings. The molecule has 1 heterocycles. The zero-order valence-electron chi connectivity index (χ0n) is 9.07. The average molecular weight is 252 g/mol. The number of alkyl halides is 1. The number of nitrogens with zero attached hydrogens (tertiary/aromatic N) is 1. The Bertz CT molecular complexity index is 504. The largest absolute Gasteiger partial charge is 0.487 e. The molecule has 0 unspecified atom stereocenters. The van der Waals surface area contributed by atoms with Gasteiger partial charge in [-0.25, -0.2) is 4.39 Å². The molecule has 2 rings (SSSR count). The summed E-state index contributed by atoms with van der Waals surface area (Å²) < 4.78 is 18.9. The van der Waals surface area contributed by atoms with E-state index in [1.807, 2.05) is 0 Å². The minimum atomic E-state index is -0.274.